The van der Waals surface area contributed by atoms with Crippen LogP contribution in [0.2, 0.25) is 0 Å². The van der Waals surface area contributed by atoms with E-state index in [1.165, 1.54) is 50.9 Å². The highest BCUT2D eigenvalue weighted by Crippen LogP contribution is 2.23. The number of likely N-dealkylation sites (tertiary alicyclic amines) is 1. The van der Waals surface area contributed by atoms with Crippen LogP contribution in [0.25, 0.3) is 0 Å². The Bertz CT molecular complexity index is 395. The van der Waals surface area contributed by atoms with Crippen molar-refractivity contribution < 1.29 is 0 Å². The third kappa shape index (κ3) is 4.34. The van der Waals surface area contributed by atoms with Gasteiger partial charge in [-0.3, -0.25) is 4.68 Å². The minimum Gasteiger partial charge on any atom is -0.301 e. The fourth-order valence-corrected chi connectivity index (χ4v) is 3.02. The van der Waals surface area contributed by atoms with Crippen LogP contribution in [0.15, 0.2) is 12.4 Å². The molecule has 1 unspecified atom stereocenters. The first-order valence-electron chi connectivity index (χ1n) is 8.32. The lowest BCUT2D eigenvalue weighted by molar-refractivity contribution is 0.166. The van der Waals surface area contributed by atoms with Gasteiger partial charge in [-0.15, -0.1) is 0 Å². The van der Waals surface area contributed by atoms with Crippen LogP contribution in [0.3, 0.4) is 0 Å². The molecule has 2 heterocycles. The van der Waals surface area contributed by atoms with Crippen molar-refractivity contribution in [1.29, 1.82) is 0 Å². The summed E-state index contributed by atoms with van der Waals surface area (Å²) in [6.07, 6.45) is 9.57. The maximum absolute atomic E-state index is 4.59. The molecule has 2 rings (SSSR count). The van der Waals surface area contributed by atoms with Crippen LogP contribution in [0, 0.1) is 5.92 Å². The number of rotatable bonds is 6. The number of piperidine rings is 1. The molecular weight excluding hydrogens is 246 g/mol. The van der Waals surface area contributed by atoms with Gasteiger partial charge in [0.2, 0.25) is 0 Å². The molecule has 0 saturated carbocycles. The molecule has 1 aromatic heterocycles. The Hall–Kier alpha value is -0.830. The Kier molecular flexibility index (Phi) is 5.64. The summed E-state index contributed by atoms with van der Waals surface area (Å²) in [4.78, 5) is 2.63. The average Bonchev–Trinajstić information content (AvgIpc) is 2.88. The monoisotopic (exact) mass is 277 g/mol. The molecule has 0 aliphatic carbocycles. The summed E-state index contributed by atoms with van der Waals surface area (Å²) in [6.45, 7) is 12.8. The van der Waals surface area contributed by atoms with Crippen molar-refractivity contribution in [3.05, 3.63) is 18.0 Å². The lowest BCUT2D eigenvalue weighted by atomic mass is 10.0. The minimum atomic E-state index is 0.578. The smallest absolute Gasteiger partial charge is 0.0646 e. The van der Waals surface area contributed by atoms with E-state index in [1.54, 1.807) is 0 Å². The van der Waals surface area contributed by atoms with Gasteiger partial charge in [0.25, 0.3) is 0 Å². The first kappa shape index (κ1) is 15.6. The molecule has 114 valence electrons. The largest absolute Gasteiger partial charge is 0.301 e. The molecule has 1 atom stereocenters. The van der Waals surface area contributed by atoms with E-state index in [-0.39, 0.29) is 0 Å². The Labute approximate surface area is 124 Å². The topological polar surface area (TPSA) is 21.1 Å². The highest BCUT2D eigenvalue weighted by atomic mass is 15.3. The first-order chi connectivity index (χ1) is 9.56. The summed E-state index contributed by atoms with van der Waals surface area (Å²) in [5, 5.41) is 4.59. The van der Waals surface area contributed by atoms with Crippen molar-refractivity contribution in [1.82, 2.24) is 14.7 Å². The number of nitrogens with zero attached hydrogens (tertiary/aromatic N) is 3. The summed E-state index contributed by atoms with van der Waals surface area (Å²) in [5.41, 5.74) is 1.36. The average molecular weight is 277 g/mol. The zero-order valence-corrected chi connectivity index (χ0v) is 13.7. The minimum absolute atomic E-state index is 0.578. The molecule has 20 heavy (non-hydrogen) atoms. The van der Waals surface area contributed by atoms with E-state index in [4.69, 9.17) is 0 Å². The van der Waals surface area contributed by atoms with Crippen LogP contribution in [0.4, 0.5) is 0 Å². The van der Waals surface area contributed by atoms with Crippen molar-refractivity contribution in [2.75, 3.05) is 19.6 Å². The Morgan fingerprint density at radius 2 is 2.10 bits per heavy atom. The molecular formula is C17H31N3. The number of aromatic nitrogens is 2. The van der Waals surface area contributed by atoms with Crippen LogP contribution in [-0.4, -0.2) is 34.3 Å². The van der Waals surface area contributed by atoms with E-state index >= 15 is 0 Å². The number of hydrogen-bond donors (Lipinski definition) is 0. The first-order valence-corrected chi connectivity index (χ1v) is 8.32. The molecule has 1 aromatic rings. The molecule has 1 aliphatic heterocycles. The van der Waals surface area contributed by atoms with E-state index in [2.05, 4.69) is 48.6 Å². The summed E-state index contributed by atoms with van der Waals surface area (Å²) in [5.74, 6) is 1.41. The molecule has 0 N–H and O–H groups in total. The van der Waals surface area contributed by atoms with Crippen LogP contribution in [0.1, 0.15) is 70.9 Å². The fraction of sp³-hybridized carbons (Fsp3) is 0.824. The van der Waals surface area contributed by atoms with Gasteiger partial charge in [0.05, 0.1) is 12.2 Å². The van der Waals surface area contributed by atoms with Gasteiger partial charge in [-0.1, -0.05) is 27.7 Å². The summed E-state index contributed by atoms with van der Waals surface area (Å²) < 4.78 is 2.21. The molecule has 3 heteroatoms. The number of hydrogen-bond acceptors (Lipinski definition) is 2. The van der Waals surface area contributed by atoms with Crippen LogP contribution in [0.5, 0.6) is 0 Å². The van der Waals surface area contributed by atoms with Gasteiger partial charge < -0.3 is 4.90 Å². The Balaban J connectivity index is 1.86. The highest BCUT2D eigenvalue weighted by molar-refractivity contribution is 5.09. The molecule has 0 spiro atoms. The third-order valence-corrected chi connectivity index (χ3v) is 4.40. The van der Waals surface area contributed by atoms with Crippen molar-refractivity contribution in [3.8, 4) is 0 Å². The second-order valence-electron chi connectivity index (χ2n) is 7.04. The van der Waals surface area contributed by atoms with Crippen LogP contribution in [-0.2, 0) is 0 Å². The fourth-order valence-electron chi connectivity index (χ4n) is 3.02. The Morgan fingerprint density at radius 1 is 1.30 bits per heavy atom. The van der Waals surface area contributed by atoms with Gasteiger partial charge in [0, 0.05) is 12.7 Å². The van der Waals surface area contributed by atoms with E-state index < -0.39 is 0 Å². The van der Waals surface area contributed by atoms with Crippen molar-refractivity contribution in [2.24, 2.45) is 5.92 Å². The van der Waals surface area contributed by atoms with Gasteiger partial charge in [0.15, 0.2) is 0 Å². The van der Waals surface area contributed by atoms with Crippen molar-refractivity contribution in [2.45, 2.75) is 65.3 Å². The second kappa shape index (κ2) is 7.26. The normalized spacial score (nSPS) is 21.0. The highest BCUT2D eigenvalue weighted by Gasteiger charge is 2.21. The lowest BCUT2D eigenvalue weighted by Gasteiger charge is -2.33. The Morgan fingerprint density at radius 3 is 2.75 bits per heavy atom. The van der Waals surface area contributed by atoms with Gasteiger partial charge in [-0.05, 0) is 56.2 Å². The molecule has 1 fully saturated rings. The van der Waals surface area contributed by atoms with Gasteiger partial charge in [-0.2, -0.15) is 5.10 Å². The van der Waals surface area contributed by atoms with E-state index in [0.29, 0.717) is 12.0 Å². The summed E-state index contributed by atoms with van der Waals surface area (Å²) in [7, 11) is 0. The third-order valence-electron chi connectivity index (χ3n) is 4.40. The molecule has 0 amide bonds. The van der Waals surface area contributed by atoms with E-state index in [9.17, 15) is 0 Å². The van der Waals surface area contributed by atoms with Gasteiger partial charge >= 0.3 is 0 Å². The van der Waals surface area contributed by atoms with Crippen molar-refractivity contribution >= 4 is 0 Å². The quantitative estimate of drug-likeness (QED) is 0.781. The second-order valence-corrected chi connectivity index (χ2v) is 7.04. The molecule has 1 saturated heterocycles. The molecule has 0 radical (unpaired) electrons. The predicted octanol–water partition coefficient (Wildman–Crippen LogP) is 4.08. The molecule has 0 aromatic carbocycles. The lowest BCUT2D eigenvalue weighted by Crippen LogP contribution is -2.37. The standard InChI is InChI=1S/C17H31N3/c1-14(2)7-5-9-19-10-6-8-17(13-19)20-12-16(11-18-20)15(3)4/h11-12,14-15,17H,5-10,13H2,1-4H3. The van der Waals surface area contributed by atoms with Gasteiger partial charge in [-0.25, -0.2) is 0 Å². The van der Waals surface area contributed by atoms with E-state index in [1.807, 2.05) is 6.20 Å². The SMILES string of the molecule is CC(C)CCCN1CCCC(n2cc(C(C)C)cn2)C1. The maximum Gasteiger partial charge on any atom is 0.0646 e. The van der Waals surface area contributed by atoms with Crippen LogP contribution < -0.4 is 0 Å². The molecule has 0 bridgehead atoms. The van der Waals surface area contributed by atoms with Crippen molar-refractivity contribution in [3.63, 3.8) is 0 Å². The maximum atomic E-state index is 4.59. The zero-order chi connectivity index (χ0) is 14.5. The molecule has 3 nitrogen and oxygen atoms in total. The molecule has 1 aliphatic rings. The van der Waals surface area contributed by atoms with E-state index in [0.717, 1.165) is 5.92 Å². The summed E-state index contributed by atoms with van der Waals surface area (Å²) in [6, 6.07) is 0.579. The predicted molar refractivity (Wildman–Crippen MR) is 85.1 cm³/mol. The van der Waals surface area contributed by atoms with Crippen LogP contribution >= 0.6 is 0 Å². The van der Waals surface area contributed by atoms with Gasteiger partial charge in [0.1, 0.15) is 0 Å². The zero-order valence-electron chi connectivity index (χ0n) is 13.7. The summed E-state index contributed by atoms with van der Waals surface area (Å²) >= 11 is 0.